The summed E-state index contributed by atoms with van der Waals surface area (Å²) in [6.07, 6.45) is 1.79. The zero-order valence-corrected chi connectivity index (χ0v) is 13.3. The average molecular weight is 287 g/mol. The van der Waals surface area contributed by atoms with Crippen LogP contribution in [-0.4, -0.2) is 17.7 Å². The molecule has 1 aromatic heterocycles. The Bertz CT molecular complexity index is 592. The molecule has 0 spiro atoms. The van der Waals surface area contributed by atoms with Gasteiger partial charge in [0.05, 0.1) is 17.7 Å². The molecule has 0 aliphatic heterocycles. The van der Waals surface area contributed by atoms with Crippen molar-refractivity contribution in [3.8, 4) is 0 Å². The van der Waals surface area contributed by atoms with Gasteiger partial charge in [-0.2, -0.15) is 0 Å². The molecule has 0 amide bonds. The minimum absolute atomic E-state index is 0.0124. The van der Waals surface area contributed by atoms with E-state index in [-0.39, 0.29) is 17.6 Å². The number of nitrogens with one attached hydrogen (secondary N) is 1. The topological polar surface area (TPSA) is 60.2 Å². The molecular formula is C17H25N3O. The van der Waals surface area contributed by atoms with Crippen LogP contribution in [0, 0.1) is 5.41 Å². The van der Waals surface area contributed by atoms with Gasteiger partial charge in [-0.25, -0.2) is 0 Å². The van der Waals surface area contributed by atoms with Crippen LogP contribution in [0.5, 0.6) is 0 Å². The van der Waals surface area contributed by atoms with Gasteiger partial charge in [0.2, 0.25) is 0 Å². The van der Waals surface area contributed by atoms with Crippen molar-refractivity contribution in [3.63, 3.8) is 0 Å². The quantitative estimate of drug-likeness (QED) is 0.655. The molecule has 1 heterocycles. The molecule has 2 rings (SSSR count). The highest BCUT2D eigenvalue weighted by atomic mass is 16.5. The largest absolute Gasteiger partial charge is 0.376 e. The maximum atomic E-state index is 5.97. The summed E-state index contributed by atoms with van der Waals surface area (Å²) in [5.74, 6) is 5.83. The SMILES string of the molecule is CCOC(C(NN)c1ccc2ncccc2c1)C(C)(C)C. The number of hydrogen-bond donors (Lipinski definition) is 2. The van der Waals surface area contributed by atoms with Crippen LogP contribution < -0.4 is 11.3 Å². The van der Waals surface area contributed by atoms with Gasteiger partial charge < -0.3 is 4.74 Å². The van der Waals surface area contributed by atoms with E-state index < -0.39 is 0 Å². The molecule has 0 fully saturated rings. The number of nitrogens with zero attached hydrogens (tertiary/aromatic N) is 1. The van der Waals surface area contributed by atoms with Crippen LogP contribution in [0.3, 0.4) is 0 Å². The number of fused-ring (bicyclic) bond motifs is 1. The van der Waals surface area contributed by atoms with Gasteiger partial charge in [-0.15, -0.1) is 0 Å². The van der Waals surface area contributed by atoms with Gasteiger partial charge in [0.25, 0.3) is 0 Å². The lowest BCUT2D eigenvalue weighted by atomic mass is 9.82. The summed E-state index contributed by atoms with van der Waals surface area (Å²) >= 11 is 0. The van der Waals surface area contributed by atoms with E-state index in [1.807, 2.05) is 19.1 Å². The van der Waals surface area contributed by atoms with Crippen LogP contribution in [0.4, 0.5) is 0 Å². The minimum atomic E-state index is -0.0606. The molecule has 114 valence electrons. The maximum Gasteiger partial charge on any atom is 0.0830 e. The highest BCUT2D eigenvalue weighted by Gasteiger charge is 2.33. The number of hydrazine groups is 1. The molecule has 0 radical (unpaired) electrons. The van der Waals surface area contributed by atoms with Crippen LogP contribution >= 0.6 is 0 Å². The Morgan fingerprint density at radius 1 is 1.29 bits per heavy atom. The Labute approximate surface area is 126 Å². The lowest BCUT2D eigenvalue weighted by Gasteiger charge is -2.36. The first-order valence-corrected chi connectivity index (χ1v) is 7.39. The van der Waals surface area contributed by atoms with Crippen molar-refractivity contribution < 1.29 is 4.74 Å². The summed E-state index contributed by atoms with van der Waals surface area (Å²) in [5, 5.41) is 1.11. The van der Waals surface area contributed by atoms with E-state index in [9.17, 15) is 0 Å². The summed E-state index contributed by atoms with van der Waals surface area (Å²) in [7, 11) is 0. The third-order valence-corrected chi connectivity index (χ3v) is 3.67. The predicted octanol–water partition coefficient (Wildman–Crippen LogP) is 3.19. The van der Waals surface area contributed by atoms with Crippen LogP contribution in [0.25, 0.3) is 10.9 Å². The molecule has 2 unspecified atom stereocenters. The van der Waals surface area contributed by atoms with Crippen molar-refractivity contribution in [2.75, 3.05) is 6.61 Å². The third kappa shape index (κ3) is 3.59. The Hall–Kier alpha value is -1.49. The number of hydrogen-bond acceptors (Lipinski definition) is 4. The van der Waals surface area contributed by atoms with Crippen LogP contribution in [0.15, 0.2) is 36.5 Å². The molecular weight excluding hydrogens is 262 g/mol. The Morgan fingerprint density at radius 2 is 2.05 bits per heavy atom. The molecule has 2 atom stereocenters. The van der Waals surface area contributed by atoms with Gasteiger partial charge in [0, 0.05) is 18.2 Å². The monoisotopic (exact) mass is 287 g/mol. The molecule has 0 saturated heterocycles. The van der Waals surface area contributed by atoms with Crippen LogP contribution in [0.2, 0.25) is 0 Å². The van der Waals surface area contributed by atoms with Crippen molar-refractivity contribution in [2.45, 2.75) is 39.8 Å². The van der Waals surface area contributed by atoms with E-state index in [1.54, 1.807) is 6.20 Å². The molecule has 0 aliphatic carbocycles. The molecule has 4 nitrogen and oxygen atoms in total. The third-order valence-electron chi connectivity index (χ3n) is 3.67. The zero-order valence-electron chi connectivity index (χ0n) is 13.3. The number of pyridine rings is 1. The second-order valence-electron chi connectivity index (χ2n) is 6.34. The Balaban J connectivity index is 2.41. The second kappa shape index (κ2) is 6.52. The normalized spacial score (nSPS) is 15.1. The van der Waals surface area contributed by atoms with Gasteiger partial charge in [0.15, 0.2) is 0 Å². The summed E-state index contributed by atoms with van der Waals surface area (Å²) < 4.78 is 5.97. The van der Waals surface area contributed by atoms with Gasteiger partial charge in [-0.1, -0.05) is 32.9 Å². The predicted molar refractivity (Wildman–Crippen MR) is 86.7 cm³/mol. The smallest absolute Gasteiger partial charge is 0.0830 e. The van der Waals surface area contributed by atoms with Crippen LogP contribution in [0.1, 0.15) is 39.3 Å². The second-order valence-corrected chi connectivity index (χ2v) is 6.34. The van der Waals surface area contributed by atoms with E-state index in [4.69, 9.17) is 10.6 Å². The molecule has 2 aromatic rings. The fourth-order valence-electron chi connectivity index (χ4n) is 2.67. The fraction of sp³-hybridized carbons (Fsp3) is 0.471. The number of rotatable bonds is 5. The zero-order chi connectivity index (χ0) is 15.5. The lowest BCUT2D eigenvalue weighted by molar-refractivity contribution is -0.0366. The first kappa shape index (κ1) is 15.9. The highest BCUT2D eigenvalue weighted by molar-refractivity contribution is 5.79. The van der Waals surface area contributed by atoms with Crippen molar-refractivity contribution >= 4 is 10.9 Å². The first-order chi connectivity index (χ1) is 9.97. The molecule has 0 saturated carbocycles. The molecule has 1 aromatic carbocycles. The molecule has 0 aliphatic rings. The molecule has 21 heavy (non-hydrogen) atoms. The van der Waals surface area contributed by atoms with E-state index >= 15 is 0 Å². The van der Waals surface area contributed by atoms with E-state index in [0.29, 0.717) is 6.61 Å². The van der Waals surface area contributed by atoms with Gasteiger partial charge >= 0.3 is 0 Å². The summed E-state index contributed by atoms with van der Waals surface area (Å²) in [6.45, 7) is 9.17. The number of nitrogens with two attached hydrogens (primary N) is 1. The minimum Gasteiger partial charge on any atom is -0.376 e. The van der Waals surface area contributed by atoms with E-state index in [1.165, 1.54) is 0 Å². The van der Waals surface area contributed by atoms with Gasteiger partial charge in [-0.3, -0.25) is 16.3 Å². The van der Waals surface area contributed by atoms with Gasteiger partial charge in [0.1, 0.15) is 0 Å². The Kier molecular flexibility index (Phi) is 4.93. The average Bonchev–Trinajstić information content (AvgIpc) is 2.46. The molecule has 4 heteroatoms. The van der Waals surface area contributed by atoms with Crippen molar-refractivity contribution in [1.29, 1.82) is 0 Å². The Morgan fingerprint density at radius 3 is 2.67 bits per heavy atom. The van der Waals surface area contributed by atoms with Crippen LogP contribution in [-0.2, 0) is 4.74 Å². The summed E-state index contributed by atoms with van der Waals surface area (Å²) in [4.78, 5) is 4.35. The maximum absolute atomic E-state index is 5.97. The van der Waals surface area contributed by atoms with Gasteiger partial charge in [-0.05, 0) is 36.1 Å². The standard InChI is InChI=1S/C17H25N3O/c1-5-21-16(17(2,3)4)15(20-18)13-8-9-14-12(11-13)7-6-10-19-14/h6-11,15-16,20H,5,18H2,1-4H3. The summed E-state index contributed by atoms with van der Waals surface area (Å²) in [5.41, 5.74) is 5.02. The molecule has 0 bridgehead atoms. The van der Waals surface area contributed by atoms with E-state index in [2.05, 4.69) is 49.4 Å². The number of ether oxygens (including phenoxy) is 1. The number of aromatic nitrogens is 1. The highest BCUT2D eigenvalue weighted by Crippen LogP contribution is 2.33. The fourth-order valence-corrected chi connectivity index (χ4v) is 2.67. The van der Waals surface area contributed by atoms with Crippen molar-refractivity contribution in [2.24, 2.45) is 11.3 Å². The number of benzene rings is 1. The lowest BCUT2D eigenvalue weighted by Crippen LogP contribution is -2.44. The summed E-state index contributed by atoms with van der Waals surface area (Å²) in [6, 6.07) is 10.2. The van der Waals surface area contributed by atoms with Crippen molar-refractivity contribution in [3.05, 3.63) is 42.1 Å². The van der Waals surface area contributed by atoms with Crippen molar-refractivity contribution in [1.82, 2.24) is 10.4 Å². The first-order valence-electron chi connectivity index (χ1n) is 7.39. The molecule has 3 N–H and O–H groups in total. The van der Waals surface area contributed by atoms with E-state index in [0.717, 1.165) is 16.5 Å².